The predicted octanol–water partition coefficient (Wildman–Crippen LogP) is 17.8. The molecule has 0 spiro atoms. The summed E-state index contributed by atoms with van der Waals surface area (Å²) in [6, 6.07) is 37.3. The van der Waals surface area contributed by atoms with E-state index in [2.05, 4.69) is 161 Å². The van der Waals surface area contributed by atoms with E-state index in [1.54, 1.807) is 53.7 Å². The molecule has 2 aliphatic rings. The molecule has 2 saturated heterocycles. The van der Waals surface area contributed by atoms with Gasteiger partial charge in [-0.3, -0.25) is 0 Å². The second-order valence-corrected chi connectivity index (χ2v) is 142. The fourth-order valence-electron chi connectivity index (χ4n) is 8.85. The van der Waals surface area contributed by atoms with Crippen LogP contribution in [0, 0.1) is 29.4 Å². The number of rotatable bonds is 22. The molecule has 102 heavy (non-hydrogen) atoms. The van der Waals surface area contributed by atoms with Gasteiger partial charge < -0.3 is 69.5 Å². The number of hydrogen-bond acceptors (Lipinski definition) is 15. The Morgan fingerprint density at radius 3 is 1.22 bits per heavy atom. The molecule has 0 aromatic heterocycles. The summed E-state index contributed by atoms with van der Waals surface area (Å²) in [5, 5.41) is 9.32. The van der Waals surface area contributed by atoms with Gasteiger partial charge >= 0.3 is 128 Å². The first-order valence-electron chi connectivity index (χ1n) is 34.1. The van der Waals surface area contributed by atoms with Crippen molar-refractivity contribution < 1.29 is 74.4 Å². The van der Waals surface area contributed by atoms with Crippen molar-refractivity contribution in [3.8, 4) is 17.2 Å². The third-order valence-electron chi connectivity index (χ3n) is 14.0. The van der Waals surface area contributed by atoms with Crippen molar-refractivity contribution in [1.82, 2.24) is 30.7 Å². The number of urea groups is 1. The topological polar surface area (TPSA) is 205 Å². The first kappa shape index (κ1) is 95.7. The van der Waals surface area contributed by atoms with Gasteiger partial charge in [-0.15, -0.1) is 0 Å². The fourth-order valence-corrected chi connectivity index (χ4v) is 218. The van der Waals surface area contributed by atoms with Crippen LogP contribution in [0.2, 0.25) is 0 Å². The number of likely N-dealkylation sites (tertiary alicyclic amines) is 2. The van der Waals surface area contributed by atoms with Gasteiger partial charge in [0.15, 0.2) is 0 Å². The van der Waals surface area contributed by atoms with Gasteiger partial charge in [0.2, 0.25) is 0 Å². The predicted molar refractivity (Wildman–Crippen MR) is 457 cm³/mol. The quantitative estimate of drug-likeness (QED) is 0.0220. The number of nitrogens with zero attached hydrogens (tertiary/aromatic N) is 3. The van der Waals surface area contributed by atoms with E-state index >= 15 is 0 Å². The zero-order valence-corrected chi connectivity index (χ0v) is 77.7. The zero-order chi connectivity index (χ0) is 76.6. The molecule has 5 N–H and O–H groups in total. The molecular weight excluding hydrogens is 2100 g/mol. The fraction of sp³-hybridized carbons (Fsp3) is 0.547. The van der Waals surface area contributed by atoms with E-state index in [1.165, 1.54) is 50.2 Å². The average Bonchev–Trinajstić information content (AvgIpc) is 0.832. The van der Waals surface area contributed by atoms with Crippen LogP contribution in [-0.4, -0.2) is 128 Å². The molecule has 3 amide bonds. The Hall–Kier alpha value is -2.41. The summed E-state index contributed by atoms with van der Waals surface area (Å²) >= 11 is 11.4. The van der Waals surface area contributed by atoms with Crippen LogP contribution in [0.3, 0.4) is 0 Å². The molecule has 2 heterocycles. The Morgan fingerprint density at radius 1 is 0.529 bits per heavy atom. The first-order chi connectivity index (χ1) is 47.8. The van der Waals surface area contributed by atoms with E-state index in [1.807, 2.05) is 111 Å². The molecule has 2 fully saturated rings. The van der Waals surface area contributed by atoms with Crippen molar-refractivity contribution >= 4 is 115 Å². The van der Waals surface area contributed by atoms with Crippen LogP contribution in [0.25, 0.3) is 0 Å². The van der Waals surface area contributed by atoms with Crippen molar-refractivity contribution in [3.63, 3.8) is 0 Å². The van der Waals surface area contributed by atoms with Crippen molar-refractivity contribution in [2.75, 3.05) is 60.1 Å². The first-order valence-corrected chi connectivity index (χ1v) is 71.8. The molecule has 0 bridgehead atoms. The van der Waals surface area contributed by atoms with Crippen molar-refractivity contribution in [2.24, 2.45) is 23.5 Å². The molecule has 27 heteroatoms. The van der Waals surface area contributed by atoms with E-state index in [4.69, 9.17) is 34.2 Å². The SMILES string of the molecule is CC(C)(C)OC(=O)OC(=O)OC(C)(C)C.CC(C)COc1ccc(CN)cc1.CC(C)COc1ccc(CNC(=O)N(Cc2ccc(F)cc2)C2CCN(C)CC2)cc1.CC(C)COc1ccc(CNC(=O)OC(C)(C)C)cc1.CN1CCC(NCc2ccc(F)cc2)CC1.I[I-]I(I)I(I)I. The minimum absolute atomic E-state index is 0.0842. The van der Waals surface area contributed by atoms with Crippen molar-refractivity contribution in [2.45, 2.75) is 191 Å². The van der Waals surface area contributed by atoms with E-state index in [9.17, 15) is 28.0 Å². The number of halogens is 9. The van der Waals surface area contributed by atoms with Gasteiger partial charge in [-0.05, 0) is 235 Å². The van der Waals surface area contributed by atoms with E-state index in [0.29, 0.717) is 76.4 Å². The second-order valence-electron chi connectivity index (χ2n) is 28.5. The number of nitrogens with two attached hydrogens (primary N) is 1. The van der Waals surface area contributed by atoms with Crippen molar-refractivity contribution in [1.29, 1.82) is 0 Å². The summed E-state index contributed by atoms with van der Waals surface area (Å²) in [6.45, 7) is 37.5. The monoisotopic (exact) mass is 2210 g/mol. The minimum atomic E-state index is -1.06. The molecule has 7 rings (SSSR count). The number of hydrogen-bond donors (Lipinski definition) is 4. The third-order valence-corrected chi connectivity index (χ3v) is 262. The van der Waals surface area contributed by atoms with Crippen LogP contribution in [-0.2, 0) is 51.7 Å². The number of benzene rings is 5. The van der Waals surface area contributed by atoms with Gasteiger partial charge in [-0.1, -0.05) is 102 Å². The standard InChI is InChI=1S/C25H34FN3O2.C16H25NO3.C13H19FN2.C11H17NO.C10H18O5.I7/c1-19(2)18-31-24-10-6-20(7-11-24)16-27-25(30)29(23-12-14-28(3)15-13-23)17-21-4-8-22(26)9-5-21;1-12(2)11-19-14-8-6-13(7-9-14)10-17-15(18)20-16(3,4)5;1-16-8-6-13(7-9-16)15-10-11-2-4-12(14)5-3-11;1-9(2)8-13-11-5-3-10(7-12)4-6-11;1-9(2,3)14-7(11)13-8(12)15-10(4,5)6;1-5-7(4)6(2)3/h4-11,19,23H,12-18H2,1-3H3,(H,27,30);6-9,12H,10-11H2,1-5H3,(H,17,18);2-5,13,15H,6-10H2,1H3;3-6,9H,7-8,12H2,1-2H3;1-6H3;/q;;;;;-1. The molecule has 0 aliphatic carbocycles. The molecule has 5 aromatic carbocycles. The maximum absolute atomic E-state index is 13.3. The van der Waals surface area contributed by atoms with Crippen LogP contribution in [0.15, 0.2) is 121 Å². The van der Waals surface area contributed by atoms with E-state index in [0.717, 1.165) is 84.1 Å². The van der Waals surface area contributed by atoms with Gasteiger partial charge in [0.1, 0.15) is 45.7 Å². The van der Waals surface area contributed by atoms with Crippen LogP contribution in [0.4, 0.5) is 28.0 Å². The number of alkyl carbamates (subject to hydrolysis) is 1. The number of amides is 3. The third kappa shape index (κ3) is 48.8. The Morgan fingerprint density at radius 2 is 0.873 bits per heavy atom. The Bertz CT molecular complexity index is 3070. The normalized spacial score (nSPS) is 13.8. The number of carbonyl (C=O) groups excluding carboxylic acids is 4. The Kier molecular flexibility index (Phi) is 48.6. The summed E-state index contributed by atoms with van der Waals surface area (Å²) in [4.78, 5) is 53.2. The molecule has 5 aromatic rings. The number of carbonyl (C=O) groups is 4. The van der Waals surface area contributed by atoms with Gasteiger partial charge in [0, 0.05) is 44.8 Å². The molecule has 0 saturated carbocycles. The van der Waals surface area contributed by atoms with E-state index < -0.39 is 35.2 Å². The van der Waals surface area contributed by atoms with Crippen LogP contribution in [0.5, 0.6) is 17.2 Å². The average molecular weight is 2220 g/mol. The number of ether oxygens (including phenoxy) is 7. The van der Waals surface area contributed by atoms with Gasteiger partial charge in [-0.25, -0.2) is 28.0 Å². The summed E-state index contributed by atoms with van der Waals surface area (Å²) in [5.74, 6) is 3.73. The molecule has 18 nitrogen and oxygen atoms in total. The summed E-state index contributed by atoms with van der Waals surface area (Å²) in [7, 11) is 3.78. The van der Waals surface area contributed by atoms with E-state index in [-0.39, 0.29) is 39.5 Å². The Labute approximate surface area is 664 Å². The summed E-state index contributed by atoms with van der Waals surface area (Å²) in [5.41, 5.74) is 8.87. The van der Waals surface area contributed by atoms with Crippen LogP contribution >= 0.6 is 90.3 Å². The van der Waals surface area contributed by atoms with Gasteiger partial charge in [0.25, 0.3) is 0 Å². The molecule has 0 unspecified atom stereocenters. The molecule has 0 atom stereocenters. The zero-order valence-electron chi connectivity index (χ0n) is 62.6. The number of nitrogens with one attached hydrogen (secondary N) is 3. The second kappa shape index (κ2) is 51.8. The molecular formula is C75H113F2I7N7O11-. The maximum atomic E-state index is 13.3. The molecule has 578 valence electrons. The number of piperidine rings is 2. The molecule has 0 radical (unpaired) electrons. The summed E-state index contributed by atoms with van der Waals surface area (Å²) < 4.78 is 61.8. The van der Waals surface area contributed by atoms with Crippen LogP contribution in [0.1, 0.15) is 157 Å². The van der Waals surface area contributed by atoms with Crippen LogP contribution < -0.4 is 49.1 Å². The molecule has 2 aliphatic heterocycles. The Balaban J connectivity index is 0.000000438. The van der Waals surface area contributed by atoms with Gasteiger partial charge in [-0.2, -0.15) is 0 Å². The summed E-state index contributed by atoms with van der Waals surface area (Å²) in [6.07, 6.45) is 1.76. The van der Waals surface area contributed by atoms with Gasteiger partial charge in [0.05, 0.1) is 19.8 Å². The van der Waals surface area contributed by atoms with Crippen molar-refractivity contribution in [3.05, 3.63) is 161 Å².